The zero-order chi connectivity index (χ0) is 16.8. The van der Waals surface area contributed by atoms with Gasteiger partial charge in [-0.2, -0.15) is 0 Å². The summed E-state index contributed by atoms with van der Waals surface area (Å²) in [5.74, 6) is 0. The number of thiophene rings is 1. The number of para-hydroxylation sites is 2. The van der Waals surface area contributed by atoms with Crippen molar-refractivity contribution in [2.24, 2.45) is 0 Å². The lowest BCUT2D eigenvalue weighted by molar-refractivity contribution is 1.18. The van der Waals surface area contributed by atoms with E-state index in [2.05, 4.69) is 83.4 Å². The summed E-state index contributed by atoms with van der Waals surface area (Å²) in [5.41, 5.74) is 4.83. The molecule has 120 valence electrons. The largest absolute Gasteiger partial charge is 0.309 e. The predicted molar refractivity (Wildman–Crippen MR) is 109 cm³/mol. The van der Waals surface area contributed by atoms with E-state index >= 15 is 0 Å². The van der Waals surface area contributed by atoms with E-state index in [0.29, 0.717) is 0 Å². The number of nitrogens with zero attached hydrogens (tertiary/aromatic N) is 1. The van der Waals surface area contributed by atoms with Gasteiger partial charge in [-0.25, -0.2) is 0 Å². The number of rotatable bonds is 2. The normalized spacial score (nSPS) is 11.4. The topological polar surface area (TPSA) is 4.93 Å². The lowest BCUT2D eigenvalue weighted by atomic mass is 10.1. The average Bonchev–Trinajstić information content (AvgIpc) is 3.23. The van der Waals surface area contributed by atoms with E-state index in [1.807, 2.05) is 6.07 Å². The molecule has 0 saturated carbocycles. The molecule has 0 saturated heterocycles. The first-order valence-corrected chi connectivity index (χ1v) is 9.35. The molecule has 0 atom stereocenters. The van der Waals surface area contributed by atoms with Crippen molar-refractivity contribution in [1.82, 2.24) is 4.57 Å². The smallest absolute Gasteiger partial charge is 0.0934 e. The van der Waals surface area contributed by atoms with Crippen LogP contribution in [-0.2, 0) is 0 Å². The van der Waals surface area contributed by atoms with E-state index in [1.165, 1.54) is 37.9 Å². The third-order valence-electron chi connectivity index (χ3n) is 4.56. The molecule has 0 unspecified atom stereocenters. The third kappa shape index (κ3) is 2.38. The van der Waals surface area contributed by atoms with Gasteiger partial charge in [0.15, 0.2) is 0 Å². The van der Waals surface area contributed by atoms with Crippen LogP contribution in [0.2, 0.25) is 4.34 Å². The van der Waals surface area contributed by atoms with Crippen LogP contribution in [-0.4, -0.2) is 4.57 Å². The second-order valence-electron chi connectivity index (χ2n) is 6.02. The number of benzene rings is 3. The fourth-order valence-electron chi connectivity index (χ4n) is 3.44. The molecule has 1 nitrogen and oxygen atoms in total. The summed E-state index contributed by atoms with van der Waals surface area (Å²) in [6.07, 6.45) is 0. The van der Waals surface area contributed by atoms with Crippen LogP contribution in [0.3, 0.4) is 0 Å². The highest BCUT2D eigenvalue weighted by molar-refractivity contribution is 7.19. The fraction of sp³-hybridized carbons (Fsp3) is 0. The number of halogens is 1. The van der Waals surface area contributed by atoms with Crippen LogP contribution < -0.4 is 0 Å². The Labute approximate surface area is 154 Å². The van der Waals surface area contributed by atoms with E-state index < -0.39 is 0 Å². The molecule has 5 rings (SSSR count). The summed E-state index contributed by atoms with van der Waals surface area (Å²) in [6, 6.07) is 29.9. The lowest BCUT2D eigenvalue weighted by Gasteiger charge is -2.08. The number of hydrogen-bond donors (Lipinski definition) is 0. The molecule has 0 fully saturated rings. The molecule has 0 aliphatic heterocycles. The van der Waals surface area contributed by atoms with Crippen molar-refractivity contribution in [3.8, 4) is 16.1 Å². The minimum absolute atomic E-state index is 0.821. The van der Waals surface area contributed by atoms with Crippen molar-refractivity contribution in [3.63, 3.8) is 0 Å². The van der Waals surface area contributed by atoms with Gasteiger partial charge in [-0.15, -0.1) is 11.3 Å². The van der Waals surface area contributed by atoms with Gasteiger partial charge in [-0.1, -0.05) is 60.1 Å². The summed E-state index contributed by atoms with van der Waals surface area (Å²) in [4.78, 5) is 1.19. The molecule has 0 aliphatic rings. The van der Waals surface area contributed by atoms with E-state index in [1.54, 1.807) is 11.3 Å². The molecule has 0 aliphatic carbocycles. The van der Waals surface area contributed by atoms with Crippen LogP contribution in [0.4, 0.5) is 0 Å². The standard InChI is InChI=1S/C22H14ClNS/c23-22-14-13-21(25-22)15-9-11-16(12-10-15)24-19-7-3-1-5-17(19)18-6-2-4-8-20(18)24/h1-14H. The van der Waals surface area contributed by atoms with Crippen LogP contribution in [0.25, 0.3) is 37.9 Å². The first-order valence-electron chi connectivity index (χ1n) is 8.15. The molecule has 0 spiro atoms. The van der Waals surface area contributed by atoms with Gasteiger partial charge in [0, 0.05) is 21.3 Å². The summed E-state index contributed by atoms with van der Waals surface area (Å²) in [7, 11) is 0. The van der Waals surface area contributed by atoms with Gasteiger partial charge in [0.2, 0.25) is 0 Å². The molecule has 2 heterocycles. The first-order chi connectivity index (χ1) is 12.3. The minimum atomic E-state index is 0.821. The maximum absolute atomic E-state index is 6.07. The molecule has 0 N–H and O–H groups in total. The van der Waals surface area contributed by atoms with Crippen molar-refractivity contribution in [2.45, 2.75) is 0 Å². The summed E-state index contributed by atoms with van der Waals surface area (Å²) in [6.45, 7) is 0. The molecule has 0 amide bonds. The predicted octanol–water partition coefficient (Wildman–Crippen LogP) is 7.17. The zero-order valence-electron chi connectivity index (χ0n) is 13.3. The Hall–Kier alpha value is -2.55. The Bertz CT molecular complexity index is 1140. The summed E-state index contributed by atoms with van der Waals surface area (Å²) < 4.78 is 3.15. The molecular weight excluding hydrogens is 346 g/mol. The lowest BCUT2D eigenvalue weighted by Crippen LogP contribution is -1.93. The highest BCUT2D eigenvalue weighted by atomic mass is 35.5. The van der Waals surface area contributed by atoms with Gasteiger partial charge in [0.05, 0.1) is 15.4 Å². The van der Waals surface area contributed by atoms with Crippen molar-refractivity contribution in [2.75, 3.05) is 0 Å². The fourth-order valence-corrected chi connectivity index (χ4v) is 4.49. The highest BCUT2D eigenvalue weighted by Gasteiger charge is 2.11. The van der Waals surface area contributed by atoms with Gasteiger partial charge in [-0.3, -0.25) is 0 Å². The third-order valence-corrected chi connectivity index (χ3v) is 5.84. The SMILES string of the molecule is Clc1ccc(-c2ccc(-n3c4ccccc4c4ccccc43)cc2)s1. The monoisotopic (exact) mass is 359 g/mol. The van der Waals surface area contributed by atoms with Crippen LogP contribution in [0.1, 0.15) is 0 Å². The molecule has 2 aromatic heterocycles. The van der Waals surface area contributed by atoms with Gasteiger partial charge in [0.25, 0.3) is 0 Å². The zero-order valence-corrected chi connectivity index (χ0v) is 14.9. The number of fused-ring (bicyclic) bond motifs is 3. The quantitative estimate of drug-likeness (QED) is 0.315. The molecular formula is C22H14ClNS. The van der Waals surface area contributed by atoms with E-state index in [0.717, 1.165) is 4.34 Å². The molecule has 25 heavy (non-hydrogen) atoms. The Morgan fingerprint density at radius 2 is 1.24 bits per heavy atom. The number of hydrogen-bond acceptors (Lipinski definition) is 1. The molecule has 3 heteroatoms. The summed E-state index contributed by atoms with van der Waals surface area (Å²) in [5, 5.41) is 2.57. The maximum Gasteiger partial charge on any atom is 0.0934 e. The van der Waals surface area contributed by atoms with E-state index in [-0.39, 0.29) is 0 Å². The van der Waals surface area contributed by atoms with E-state index in [4.69, 9.17) is 11.6 Å². The van der Waals surface area contributed by atoms with Gasteiger partial charge in [0.1, 0.15) is 0 Å². The summed E-state index contributed by atoms with van der Waals surface area (Å²) >= 11 is 7.68. The van der Waals surface area contributed by atoms with Gasteiger partial charge in [-0.05, 0) is 42.0 Å². The van der Waals surface area contributed by atoms with Crippen LogP contribution in [0.5, 0.6) is 0 Å². The highest BCUT2D eigenvalue weighted by Crippen LogP contribution is 2.34. The molecule has 3 aromatic carbocycles. The van der Waals surface area contributed by atoms with Crippen molar-refractivity contribution in [1.29, 1.82) is 0 Å². The Balaban J connectivity index is 1.72. The average molecular weight is 360 g/mol. The van der Waals surface area contributed by atoms with Gasteiger partial charge < -0.3 is 4.57 Å². The van der Waals surface area contributed by atoms with E-state index in [9.17, 15) is 0 Å². The van der Waals surface area contributed by atoms with Crippen LogP contribution in [0, 0.1) is 0 Å². The Morgan fingerprint density at radius 1 is 0.640 bits per heavy atom. The second kappa shape index (κ2) is 5.76. The first kappa shape index (κ1) is 14.8. The molecule has 0 radical (unpaired) electrons. The van der Waals surface area contributed by atoms with Crippen molar-refractivity contribution >= 4 is 44.7 Å². The molecule has 0 bridgehead atoms. The number of aromatic nitrogens is 1. The van der Waals surface area contributed by atoms with Crippen LogP contribution in [0.15, 0.2) is 84.9 Å². The Kier molecular flexibility index (Phi) is 3.40. The van der Waals surface area contributed by atoms with Gasteiger partial charge >= 0.3 is 0 Å². The van der Waals surface area contributed by atoms with Crippen molar-refractivity contribution in [3.05, 3.63) is 89.3 Å². The maximum atomic E-state index is 6.07. The second-order valence-corrected chi connectivity index (χ2v) is 7.74. The van der Waals surface area contributed by atoms with Crippen LogP contribution >= 0.6 is 22.9 Å². The Morgan fingerprint density at radius 3 is 1.80 bits per heavy atom. The molecule has 5 aromatic rings. The minimum Gasteiger partial charge on any atom is -0.309 e. The van der Waals surface area contributed by atoms with Crippen molar-refractivity contribution < 1.29 is 0 Å².